The molecule has 0 radical (unpaired) electrons. The average Bonchev–Trinajstić information content (AvgIpc) is 2.09. The average molecular weight is 185 g/mol. The number of piperidine rings is 1. The van der Waals surface area contributed by atoms with E-state index in [-0.39, 0.29) is 6.04 Å². The molecule has 0 aromatic carbocycles. The van der Waals surface area contributed by atoms with Gasteiger partial charge in [0.25, 0.3) is 0 Å². The first-order chi connectivity index (χ1) is 6.16. The van der Waals surface area contributed by atoms with Crippen molar-refractivity contribution in [2.24, 2.45) is 0 Å². The van der Waals surface area contributed by atoms with Crippen LogP contribution in [0.15, 0.2) is 0 Å². The third-order valence-electron chi connectivity index (χ3n) is 2.93. The van der Waals surface area contributed by atoms with Gasteiger partial charge in [-0.3, -0.25) is 9.69 Å². The Morgan fingerprint density at radius 1 is 1.62 bits per heavy atom. The van der Waals surface area contributed by atoms with Crippen LogP contribution >= 0.6 is 0 Å². The summed E-state index contributed by atoms with van der Waals surface area (Å²) in [6.07, 6.45) is 4.24. The van der Waals surface area contributed by atoms with Crippen LogP contribution in [0, 0.1) is 0 Å². The Morgan fingerprint density at radius 3 is 2.77 bits per heavy atom. The van der Waals surface area contributed by atoms with Crippen LogP contribution in [0.3, 0.4) is 0 Å². The molecule has 3 heteroatoms. The molecule has 76 valence electrons. The van der Waals surface area contributed by atoms with Gasteiger partial charge in [0.2, 0.25) is 0 Å². The third kappa shape index (κ3) is 2.44. The van der Waals surface area contributed by atoms with Gasteiger partial charge in [0.1, 0.15) is 6.04 Å². The largest absolute Gasteiger partial charge is 0.480 e. The van der Waals surface area contributed by atoms with E-state index < -0.39 is 5.97 Å². The molecule has 3 nitrogen and oxygen atoms in total. The van der Waals surface area contributed by atoms with Crippen molar-refractivity contribution in [2.45, 2.75) is 51.6 Å². The molecular weight excluding hydrogens is 166 g/mol. The topological polar surface area (TPSA) is 40.5 Å². The highest BCUT2D eigenvalue weighted by atomic mass is 16.4. The summed E-state index contributed by atoms with van der Waals surface area (Å²) in [7, 11) is 0. The summed E-state index contributed by atoms with van der Waals surface area (Å²) >= 11 is 0. The van der Waals surface area contributed by atoms with Crippen molar-refractivity contribution < 1.29 is 9.90 Å². The molecule has 0 spiro atoms. The number of nitrogens with zero attached hydrogens (tertiary/aromatic N) is 1. The van der Waals surface area contributed by atoms with E-state index in [9.17, 15) is 4.79 Å². The number of aliphatic carboxylic acids is 1. The molecule has 13 heavy (non-hydrogen) atoms. The van der Waals surface area contributed by atoms with Gasteiger partial charge in [-0.05, 0) is 32.7 Å². The predicted molar refractivity (Wildman–Crippen MR) is 51.7 cm³/mol. The van der Waals surface area contributed by atoms with Crippen LogP contribution in [0.1, 0.15) is 39.5 Å². The smallest absolute Gasteiger partial charge is 0.320 e. The molecule has 1 heterocycles. The standard InChI is InChI=1S/C10H19NO2/c1-3-9(10(12)13)11-7-5-4-6-8(11)2/h8-9H,3-7H2,1-2H3,(H,12,13). The summed E-state index contributed by atoms with van der Waals surface area (Å²) in [5, 5.41) is 9.00. The van der Waals surface area contributed by atoms with Crippen LogP contribution in [0.2, 0.25) is 0 Å². The number of carbonyl (C=O) groups is 1. The molecule has 0 aromatic heterocycles. The maximum atomic E-state index is 10.9. The van der Waals surface area contributed by atoms with Gasteiger partial charge in [-0.2, -0.15) is 0 Å². The lowest BCUT2D eigenvalue weighted by atomic mass is 10.0. The fraction of sp³-hybridized carbons (Fsp3) is 0.900. The van der Waals surface area contributed by atoms with E-state index in [1.165, 1.54) is 6.42 Å². The first-order valence-electron chi connectivity index (χ1n) is 5.15. The normalized spacial score (nSPS) is 27.1. The van der Waals surface area contributed by atoms with E-state index in [1.807, 2.05) is 6.92 Å². The molecule has 1 N–H and O–H groups in total. The zero-order valence-electron chi connectivity index (χ0n) is 8.49. The first-order valence-corrected chi connectivity index (χ1v) is 5.15. The molecule has 0 amide bonds. The van der Waals surface area contributed by atoms with Gasteiger partial charge in [0.15, 0.2) is 0 Å². The Kier molecular flexibility index (Phi) is 3.72. The lowest BCUT2D eigenvalue weighted by Gasteiger charge is -2.37. The number of carboxylic acids is 1. The van der Waals surface area contributed by atoms with Crippen LogP contribution in [0.5, 0.6) is 0 Å². The molecule has 0 saturated carbocycles. The number of hydrogen-bond acceptors (Lipinski definition) is 2. The van der Waals surface area contributed by atoms with E-state index in [0.717, 1.165) is 19.4 Å². The molecule has 1 aliphatic rings. The molecule has 2 atom stereocenters. The summed E-state index contributed by atoms with van der Waals surface area (Å²) in [5.74, 6) is -0.670. The highest BCUT2D eigenvalue weighted by Crippen LogP contribution is 2.20. The Balaban J connectivity index is 2.60. The minimum Gasteiger partial charge on any atom is -0.480 e. The second kappa shape index (κ2) is 4.61. The van der Waals surface area contributed by atoms with E-state index in [0.29, 0.717) is 12.5 Å². The second-order valence-electron chi connectivity index (χ2n) is 3.84. The number of rotatable bonds is 3. The zero-order valence-corrected chi connectivity index (χ0v) is 8.49. The Labute approximate surface area is 79.7 Å². The zero-order chi connectivity index (χ0) is 9.84. The molecule has 2 unspecified atom stereocenters. The van der Waals surface area contributed by atoms with Crippen molar-refractivity contribution >= 4 is 5.97 Å². The van der Waals surface area contributed by atoms with Crippen molar-refractivity contribution in [1.82, 2.24) is 4.90 Å². The highest BCUT2D eigenvalue weighted by Gasteiger charge is 2.29. The fourth-order valence-corrected chi connectivity index (χ4v) is 2.13. The van der Waals surface area contributed by atoms with Crippen molar-refractivity contribution in [3.8, 4) is 0 Å². The van der Waals surface area contributed by atoms with Crippen molar-refractivity contribution in [1.29, 1.82) is 0 Å². The van der Waals surface area contributed by atoms with Gasteiger partial charge in [-0.1, -0.05) is 13.3 Å². The number of carboxylic acid groups (broad SMARTS) is 1. The molecule has 1 rings (SSSR count). The molecule has 0 aromatic rings. The monoisotopic (exact) mass is 185 g/mol. The molecule has 1 saturated heterocycles. The third-order valence-corrected chi connectivity index (χ3v) is 2.93. The highest BCUT2D eigenvalue weighted by molar-refractivity contribution is 5.73. The van der Waals surface area contributed by atoms with Crippen molar-refractivity contribution in [2.75, 3.05) is 6.54 Å². The predicted octanol–water partition coefficient (Wildman–Crippen LogP) is 1.72. The van der Waals surface area contributed by atoms with Crippen molar-refractivity contribution in [3.63, 3.8) is 0 Å². The Bertz CT molecular complexity index is 182. The molecule has 0 bridgehead atoms. The first kappa shape index (κ1) is 10.5. The van der Waals surface area contributed by atoms with Crippen molar-refractivity contribution in [3.05, 3.63) is 0 Å². The second-order valence-corrected chi connectivity index (χ2v) is 3.84. The van der Waals surface area contributed by atoms with Gasteiger partial charge in [-0.15, -0.1) is 0 Å². The summed E-state index contributed by atoms with van der Waals surface area (Å²) in [5.41, 5.74) is 0. The molecule has 1 fully saturated rings. The van der Waals surface area contributed by atoms with Crippen LogP contribution in [0.4, 0.5) is 0 Å². The maximum Gasteiger partial charge on any atom is 0.320 e. The summed E-state index contributed by atoms with van der Waals surface area (Å²) in [4.78, 5) is 13.1. The Hall–Kier alpha value is -0.570. The SMILES string of the molecule is CCC(C(=O)O)N1CCCCC1C. The van der Waals surface area contributed by atoms with Gasteiger partial charge in [0, 0.05) is 6.04 Å². The number of hydrogen-bond donors (Lipinski definition) is 1. The van der Waals surface area contributed by atoms with Gasteiger partial charge in [0.05, 0.1) is 0 Å². The molecule has 1 aliphatic heterocycles. The van der Waals surface area contributed by atoms with E-state index in [4.69, 9.17) is 5.11 Å². The number of likely N-dealkylation sites (tertiary alicyclic amines) is 1. The summed E-state index contributed by atoms with van der Waals surface area (Å²) < 4.78 is 0. The summed E-state index contributed by atoms with van der Waals surface area (Å²) in [6.45, 7) is 5.02. The van der Waals surface area contributed by atoms with Gasteiger partial charge in [-0.25, -0.2) is 0 Å². The quantitative estimate of drug-likeness (QED) is 0.728. The van der Waals surface area contributed by atoms with E-state index in [1.54, 1.807) is 0 Å². The van der Waals surface area contributed by atoms with E-state index >= 15 is 0 Å². The summed E-state index contributed by atoms with van der Waals surface area (Å²) in [6, 6.07) is 0.171. The van der Waals surface area contributed by atoms with Crippen LogP contribution in [-0.4, -0.2) is 34.6 Å². The van der Waals surface area contributed by atoms with Gasteiger partial charge < -0.3 is 5.11 Å². The maximum absolute atomic E-state index is 10.9. The van der Waals surface area contributed by atoms with Crippen LogP contribution in [-0.2, 0) is 4.79 Å². The molecule has 0 aliphatic carbocycles. The van der Waals surface area contributed by atoms with E-state index in [2.05, 4.69) is 11.8 Å². The fourth-order valence-electron chi connectivity index (χ4n) is 2.13. The lowest BCUT2D eigenvalue weighted by molar-refractivity contribution is -0.145. The van der Waals surface area contributed by atoms with Gasteiger partial charge >= 0.3 is 5.97 Å². The van der Waals surface area contributed by atoms with Crippen LogP contribution < -0.4 is 0 Å². The Morgan fingerprint density at radius 2 is 2.31 bits per heavy atom. The molecular formula is C10H19NO2. The minimum absolute atomic E-state index is 0.268. The minimum atomic E-state index is -0.670. The lowest BCUT2D eigenvalue weighted by Crippen LogP contribution is -2.48. The van der Waals surface area contributed by atoms with Crippen LogP contribution in [0.25, 0.3) is 0 Å².